The van der Waals surface area contributed by atoms with E-state index in [9.17, 15) is 9.59 Å². The number of nitrogens with one attached hydrogen (secondary N) is 2. The van der Waals surface area contributed by atoms with E-state index in [1.165, 1.54) is 11.1 Å². The number of aromatic nitrogens is 2. The molecule has 4 heterocycles. The minimum absolute atomic E-state index is 0.177. The predicted octanol–water partition coefficient (Wildman–Crippen LogP) is 7.52. The quantitative estimate of drug-likeness (QED) is 0.0518. The van der Waals surface area contributed by atoms with Crippen LogP contribution in [0.15, 0.2) is 69.7 Å². The molecule has 6 rings (SSSR count). The van der Waals surface area contributed by atoms with Crippen molar-refractivity contribution in [2.75, 3.05) is 26.2 Å². The molecule has 2 aliphatic heterocycles. The van der Waals surface area contributed by atoms with Crippen LogP contribution in [-0.2, 0) is 54.2 Å². The number of hydrogen-bond acceptors (Lipinski definition) is 12. The summed E-state index contributed by atoms with van der Waals surface area (Å²) >= 11 is 0. The van der Waals surface area contributed by atoms with Gasteiger partial charge < -0.3 is 38.6 Å². The maximum Gasteiger partial charge on any atom is 0.420 e. The van der Waals surface area contributed by atoms with Crippen molar-refractivity contribution in [3.8, 4) is 0 Å². The first-order valence-electron chi connectivity index (χ1n) is 21.3. The van der Waals surface area contributed by atoms with E-state index < -0.39 is 23.5 Å². The number of benzene rings is 2. The van der Waals surface area contributed by atoms with E-state index in [1.807, 2.05) is 64.1 Å². The molecule has 0 bridgehead atoms. The van der Waals surface area contributed by atoms with Crippen LogP contribution in [0.5, 0.6) is 0 Å². The molecule has 2 aromatic carbocycles. The van der Waals surface area contributed by atoms with Crippen molar-refractivity contribution in [3.05, 3.63) is 106 Å². The SMILES string of the molecule is Cc1noc(C)c1CCC1CCCC(CCNCCc2ccccc2)(OC(=O)C(=O)OC2(CCNCCc3ccccc3)CCCC(CCc3c(C)noc3C)O2)O1. The Kier molecular flexibility index (Phi) is 15.7. The molecule has 58 heavy (non-hydrogen) atoms. The van der Waals surface area contributed by atoms with Crippen LogP contribution in [0.1, 0.15) is 109 Å². The standard InChI is InChI=1S/C46H62N4O8/c1-33-41(35(3)57-49-33)21-19-39-17-11-25-45(53-39,27-31-47-29-23-37-13-7-5-8-14-37)55-43(51)44(52)56-46(28-32-48-30-24-38-15-9-6-10-16-38)26-12-18-40(54-46)20-22-42-34(2)50-58-36(42)4/h5-10,13-16,39-40,47-48H,11-12,17-32H2,1-4H3. The van der Waals surface area contributed by atoms with E-state index in [-0.39, 0.29) is 12.2 Å². The van der Waals surface area contributed by atoms with Crippen LogP contribution in [0, 0.1) is 27.7 Å². The molecule has 12 nitrogen and oxygen atoms in total. The average molecular weight is 799 g/mol. The molecule has 4 atom stereocenters. The monoisotopic (exact) mass is 798 g/mol. The smallest absolute Gasteiger partial charge is 0.420 e. The van der Waals surface area contributed by atoms with Crippen LogP contribution >= 0.6 is 0 Å². The van der Waals surface area contributed by atoms with Crippen LogP contribution < -0.4 is 10.6 Å². The fourth-order valence-electron chi connectivity index (χ4n) is 8.38. The summed E-state index contributed by atoms with van der Waals surface area (Å²) in [6, 6.07) is 20.6. The summed E-state index contributed by atoms with van der Waals surface area (Å²) in [6.45, 7) is 10.3. The summed E-state index contributed by atoms with van der Waals surface area (Å²) in [5, 5.41) is 15.2. The van der Waals surface area contributed by atoms with Gasteiger partial charge in [0.05, 0.1) is 23.6 Å². The third-order valence-corrected chi connectivity index (χ3v) is 11.7. The molecular formula is C46H62N4O8. The topological polar surface area (TPSA) is 147 Å². The van der Waals surface area contributed by atoms with Gasteiger partial charge in [0, 0.05) is 49.9 Å². The van der Waals surface area contributed by atoms with E-state index in [2.05, 4.69) is 45.2 Å². The van der Waals surface area contributed by atoms with Gasteiger partial charge in [-0.2, -0.15) is 0 Å². The van der Waals surface area contributed by atoms with Crippen molar-refractivity contribution in [1.29, 1.82) is 0 Å². The number of carbonyl (C=O) groups is 2. The van der Waals surface area contributed by atoms with Gasteiger partial charge in [0.2, 0.25) is 11.6 Å². The third-order valence-electron chi connectivity index (χ3n) is 11.7. The average Bonchev–Trinajstić information content (AvgIpc) is 3.73. The minimum atomic E-state index is -1.28. The molecule has 2 aromatic heterocycles. The molecule has 12 heteroatoms. The lowest BCUT2D eigenvalue weighted by atomic mass is 9.94. The highest BCUT2D eigenvalue weighted by Gasteiger charge is 2.46. The Balaban J connectivity index is 1.11. The first-order chi connectivity index (χ1) is 28.1. The van der Waals surface area contributed by atoms with Crippen LogP contribution in [0.3, 0.4) is 0 Å². The number of nitrogens with zero attached hydrogens (tertiary/aromatic N) is 2. The molecule has 0 saturated carbocycles. The molecule has 0 spiro atoms. The Labute approximate surface area is 343 Å². The van der Waals surface area contributed by atoms with Crippen molar-refractivity contribution < 1.29 is 37.6 Å². The lowest BCUT2D eigenvalue weighted by Crippen LogP contribution is -2.50. The zero-order valence-electron chi connectivity index (χ0n) is 34.8. The Bertz CT molecular complexity index is 1710. The van der Waals surface area contributed by atoms with E-state index in [4.69, 9.17) is 28.0 Å². The lowest BCUT2D eigenvalue weighted by molar-refractivity contribution is -0.286. The van der Waals surface area contributed by atoms with E-state index in [0.29, 0.717) is 51.6 Å². The van der Waals surface area contributed by atoms with Gasteiger partial charge in [-0.3, -0.25) is 0 Å². The second kappa shape index (κ2) is 21.1. The number of esters is 2. The van der Waals surface area contributed by atoms with Crippen LogP contribution in [0.4, 0.5) is 0 Å². The van der Waals surface area contributed by atoms with Gasteiger partial charge in [-0.15, -0.1) is 0 Å². The van der Waals surface area contributed by atoms with Gasteiger partial charge in [0.1, 0.15) is 11.5 Å². The molecule has 2 N–H and O–H groups in total. The summed E-state index contributed by atoms with van der Waals surface area (Å²) in [5.74, 6) is -3.09. The Morgan fingerprint density at radius 1 is 0.621 bits per heavy atom. The third kappa shape index (κ3) is 12.3. The summed E-state index contributed by atoms with van der Waals surface area (Å²) in [4.78, 5) is 27.8. The molecule has 0 amide bonds. The molecule has 2 aliphatic rings. The van der Waals surface area contributed by atoms with Gasteiger partial charge in [-0.25, -0.2) is 9.59 Å². The van der Waals surface area contributed by atoms with Gasteiger partial charge in [-0.1, -0.05) is 71.0 Å². The van der Waals surface area contributed by atoms with Crippen LogP contribution in [0.2, 0.25) is 0 Å². The molecule has 2 fully saturated rings. The zero-order chi connectivity index (χ0) is 40.8. The van der Waals surface area contributed by atoms with Gasteiger partial charge in [-0.05, 0) is 116 Å². The van der Waals surface area contributed by atoms with Crippen molar-refractivity contribution in [2.45, 2.75) is 141 Å². The fraction of sp³-hybridized carbons (Fsp3) is 0.565. The minimum Gasteiger partial charge on any atom is -0.425 e. The van der Waals surface area contributed by atoms with E-state index >= 15 is 0 Å². The number of hydrogen-bond donors (Lipinski definition) is 2. The van der Waals surface area contributed by atoms with Crippen molar-refractivity contribution in [1.82, 2.24) is 20.9 Å². The summed E-state index contributed by atoms with van der Waals surface area (Å²) in [5.41, 5.74) is 6.35. The second-order valence-electron chi connectivity index (χ2n) is 16.0. The maximum absolute atomic E-state index is 13.9. The van der Waals surface area contributed by atoms with Gasteiger partial charge in [0.25, 0.3) is 0 Å². The van der Waals surface area contributed by atoms with Crippen molar-refractivity contribution >= 4 is 11.9 Å². The van der Waals surface area contributed by atoms with Crippen LogP contribution in [-0.4, -0.2) is 72.2 Å². The first-order valence-corrected chi connectivity index (χ1v) is 21.3. The van der Waals surface area contributed by atoms with Crippen molar-refractivity contribution in [2.24, 2.45) is 0 Å². The molecule has 0 aliphatic carbocycles. The number of ether oxygens (including phenoxy) is 4. The fourth-order valence-corrected chi connectivity index (χ4v) is 8.38. The Hall–Kier alpha value is -4.36. The molecule has 0 radical (unpaired) electrons. The normalized spacial score (nSPS) is 22.1. The summed E-state index contributed by atoms with van der Waals surface area (Å²) < 4.78 is 36.5. The zero-order valence-corrected chi connectivity index (χ0v) is 34.8. The summed E-state index contributed by atoms with van der Waals surface area (Å²) in [7, 11) is 0. The first kappa shape index (κ1) is 43.2. The summed E-state index contributed by atoms with van der Waals surface area (Å²) in [6.07, 6.45) is 9.17. The van der Waals surface area contributed by atoms with Crippen molar-refractivity contribution in [3.63, 3.8) is 0 Å². The number of carbonyl (C=O) groups excluding carboxylic acids is 2. The van der Waals surface area contributed by atoms with Gasteiger partial charge >= 0.3 is 11.9 Å². The molecule has 2 saturated heterocycles. The molecule has 4 aromatic rings. The van der Waals surface area contributed by atoms with Crippen LogP contribution in [0.25, 0.3) is 0 Å². The largest absolute Gasteiger partial charge is 0.425 e. The highest BCUT2D eigenvalue weighted by atomic mass is 16.8. The van der Waals surface area contributed by atoms with E-state index in [0.717, 1.165) is 98.5 Å². The Morgan fingerprint density at radius 3 is 1.41 bits per heavy atom. The predicted molar refractivity (Wildman–Crippen MR) is 219 cm³/mol. The van der Waals surface area contributed by atoms with E-state index in [1.54, 1.807) is 0 Å². The maximum atomic E-state index is 13.9. The number of rotatable bonds is 20. The molecule has 314 valence electrons. The second-order valence-corrected chi connectivity index (χ2v) is 16.0. The highest BCUT2D eigenvalue weighted by molar-refractivity contribution is 6.29. The Morgan fingerprint density at radius 2 is 1.03 bits per heavy atom. The highest BCUT2D eigenvalue weighted by Crippen LogP contribution is 2.37. The molecular weight excluding hydrogens is 737 g/mol. The molecule has 4 unspecified atom stereocenters. The lowest BCUT2D eigenvalue weighted by Gasteiger charge is -2.42. The number of aryl methyl sites for hydroxylation is 4. The van der Waals surface area contributed by atoms with Gasteiger partial charge in [0.15, 0.2) is 0 Å².